The van der Waals surface area contributed by atoms with Crippen molar-refractivity contribution in [2.45, 2.75) is 39.0 Å². The first-order chi connectivity index (χ1) is 6.12. The Bertz CT molecular complexity index is 253. The van der Waals surface area contributed by atoms with Crippen LogP contribution in [0.2, 0.25) is 0 Å². The number of hydrogen-bond acceptors (Lipinski definition) is 4. The molecule has 0 aliphatic rings. The van der Waals surface area contributed by atoms with Gasteiger partial charge in [0.1, 0.15) is 0 Å². The van der Waals surface area contributed by atoms with Gasteiger partial charge in [-0.15, -0.1) is 0 Å². The Morgan fingerprint density at radius 2 is 1.85 bits per heavy atom. The van der Waals surface area contributed by atoms with Crippen LogP contribution in [0.5, 0.6) is 0 Å². The highest BCUT2D eigenvalue weighted by atomic mass is 32.2. The Morgan fingerprint density at radius 1 is 1.23 bits per heavy atom. The highest BCUT2D eigenvalue weighted by Gasteiger charge is 2.06. The summed E-state index contributed by atoms with van der Waals surface area (Å²) < 4.78 is 25.4. The average Bonchev–Trinajstić information content (AvgIpc) is 2.11. The first-order valence-electron chi connectivity index (χ1n) is 4.42. The number of hydrogen-bond donors (Lipinski definition) is 0. The summed E-state index contributed by atoms with van der Waals surface area (Å²) in [6.07, 6.45) is 5.05. The Labute approximate surface area is 79.6 Å². The molecule has 0 amide bonds. The minimum Gasteiger partial charge on any atom is -0.259 e. The van der Waals surface area contributed by atoms with Crippen LogP contribution in [0.3, 0.4) is 0 Å². The lowest BCUT2D eigenvalue weighted by Crippen LogP contribution is -2.03. The first-order valence-corrected chi connectivity index (χ1v) is 5.83. The van der Waals surface area contributed by atoms with E-state index < -0.39 is 10.1 Å². The maximum atomic E-state index is 10.5. The molecule has 0 aliphatic heterocycles. The van der Waals surface area contributed by atoms with Gasteiger partial charge in [0.05, 0.1) is 6.61 Å². The highest BCUT2D eigenvalue weighted by Crippen LogP contribution is 2.03. The van der Waals surface area contributed by atoms with Crippen LogP contribution in [0.25, 0.3) is 0 Å². The molecule has 4 nitrogen and oxygen atoms in total. The van der Waals surface area contributed by atoms with Gasteiger partial charge in [-0.3, -0.25) is 4.18 Å². The van der Waals surface area contributed by atoms with Crippen molar-refractivity contribution in [1.29, 1.82) is 5.26 Å². The van der Waals surface area contributed by atoms with Crippen molar-refractivity contribution in [1.82, 2.24) is 0 Å². The summed E-state index contributed by atoms with van der Waals surface area (Å²) in [5.74, 6) is 0. The molecule has 0 heterocycles. The Morgan fingerprint density at radius 3 is 2.38 bits per heavy atom. The predicted octanol–water partition coefficient (Wildman–Crippen LogP) is 1.78. The molecular formula is C8H15NO3S. The number of unbranched alkanes of at least 4 members (excludes halogenated alkanes) is 4. The van der Waals surface area contributed by atoms with Gasteiger partial charge in [0.15, 0.2) is 0 Å². The molecule has 0 radical (unpaired) electrons. The largest absolute Gasteiger partial charge is 0.362 e. The van der Waals surface area contributed by atoms with Crippen molar-refractivity contribution in [3.8, 4) is 5.40 Å². The number of thiocyanates is 1. The maximum absolute atomic E-state index is 10.5. The van der Waals surface area contributed by atoms with Gasteiger partial charge < -0.3 is 0 Å². The summed E-state index contributed by atoms with van der Waals surface area (Å²) in [5, 5.41) is 9.17. The fourth-order valence-electron chi connectivity index (χ4n) is 0.901. The second-order valence-corrected chi connectivity index (χ2v) is 4.11. The van der Waals surface area contributed by atoms with Crippen molar-refractivity contribution >= 4 is 10.1 Å². The monoisotopic (exact) mass is 205 g/mol. The molecule has 0 spiro atoms. The summed E-state index contributed by atoms with van der Waals surface area (Å²) in [6.45, 7) is 2.23. The number of rotatable bonds is 7. The zero-order chi connectivity index (χ0) is 10.2. The molecule has 13 heavy (non-hydrogen) atoms. The summed E-state index contributed by atoms with van der Waals surface area (Å²) in [4.78, 5) is 0. The number of nitriles is 1. The van der Waals surface area contributed by atoms with Crippen molar-refractivity contribution in [3.05, 3.63) is 0 Å². The molecule has 0 unspecified atom stereocenters. The fraction of sp³-hybridized carbons (Fsp3) is 0.875. The van der Waals surface area contributed by atoms with Gasteiger partial charge >= 0.3 is 10.1 Å². The lowest BCUT2D eigenvalue weighted by molar-refractivity contribution is 0.312. The van der Waals surface area contributed by atoms with E-state index >= 15 is 0 Å². The Kier molecular flexibility index (Phi) is 6.55. The van der Waals surface area contributed by atoms with Crippen molar-refractivity contribution in [3.63, 3.8) is 0 Å². The highest BCUT2D eigenvalue weighted by molar-refractivity contribution is 7.91. The quantitative estimate of drug-likeness (QED) is 0.275. The van der Waals surface area contributed by atoms with Gasteiger partial charge in [0.2, 0.25) is 5.40 Å². The second kappa shape index (κ2) is 6.87. The second-order valence-electron chi connectivity index (χ2n) is 2.78. The lowest BCUT2D eigenvalue weighted by Gasteiger charge is -1.98. The molecule has 0 saturated carbocycles. The minimum atomic E-state index is -3.91. The molecule has 0 atom stereocenters. The van der Waals surface area contributed by atoms with Crippen LogP contribution in [-0.4, -0.2) is 15.0 Å². The maximum Gasteiger partial charge on any atom is 0.362 e. The van der Waals surface area contributed by atoms with E-state index in [0.717, 1.165) is 31.1 Å². The van der Waals surface area contributed by atoms with E-state index in [1.54, 1.807) is 0 Å². The smallest absolute Gasteiger partial charge is 0.259 e. The molecule has 0 N–H and O–H groups in total. The molecule has 76 valence electrons. The minimum absolute atomic E-state index is 0.125. The van der Waals surface area contributed by atoms with E-state index in [9.17, 15) is 8.42 Å². The van der Waals surface area contributed by atoms with Crippen molar-refractivity contribution in [2.75, 3.05) is 6.61 Å². The van der Waals surface area contributed by atoms with Crippen LogP contribution in [0.15, 0.2) is 0 Å². The third-order valence-corrected chi connectivity index (χ3v) is 2.30. The van der Waals surface area contributed by atoms with Crippen LogP contribution < -0.4 is 0 Å². The van der Waals surface area contributed by atoms with Gasteiger partial charge in [0, 0.05) is 0 Å². The van der Waals surface area contributed by atoms with Crippen molar-refractivity contribution in [2.24, 2.45) is 0 Å². The first kappa shape index (κ1) is 12.4. The molecular weight excluding hydrogens is 190 g/mol. The van der Waals surface area contributed by atoms with Gasteiger partial charge in [0.25, 0.3) is 0 Å². The molecule has 0 aromatic carbocycles. The van der Waals surface area contributed by atoms with Crippen LogP contribution in [0, 0.1) is 10.7 Å². The van der Waals surface area contributed by atoms with E-state index in [1.165, 1.54) is 0 Å². The van der Waals surface area contributed by atoms with Gasteiger partial charge in [-0.25, -0.2) is 0 Å². The molecule has 0 aromatic rings. The Hall–Kier alpha value is -0.600. The van der Waals surface area contributed by atoms with Crippen LogP contribution >= 0.6 is 0 Å². The summed E-state index contributed by atoms with van der Waals surface area (Å²) in [5.41, 5.74) is 0. The molecule has 0 bridgehead atoms. The molecule has 0 aromatic heterocycles. The van der Waals surface area contributed by atoms with E-state index in [0.29, 0.717) is 6.42 Å². The predicted molar refractivity (Wildman–Crippen MR) is 49.2 cm³/mol. The standard InChI is InChI=1S/C8H15NO3S/c1-2-3-4-5-6-7-12-13(10,11)8-9/h2-7H2,1H3. The zero-order valence-corrected chi connectivity index (χ0v) is 8.64. The van der Waals surface area contributed by atoms with Gasteiger partial charge in [-0.05, 0) is 6.42 Å². The Balaban J connectivity index is 3.33. The fourth-order valence-corrected chi connectivity index (χ4v) is 1.29. The van der Waals surface area contributed by atoms with Crippen LogP contribution in [0.1, 0.15) is 39.0 Å². The zero-order valence-electron chi connectivity index (χ0n) is 7.82. The average molecular weight is 205 g/mol. The summed E-state index contributed by atoms with van der Waals surface area (Å²) in [6, 6.07) is 0. The van der Waals surface area contributed by atoms with E-state index in [4.69, 9.17) is 5.26 Å². The van der Waals surface area contributed by atoms with Crippen LogP contribution in [-0.2, 0) is 14.3 Å². The van der Waals surface area contributed by atoms with E-state index in [2.05, 4.69) is 11.1 Å². The van der Waals surface area contributed by atoms with E-state index in [-0.39, 0.29) is 6.61 Å². The molecule has 0 rings (SSSR count). The topological polar surface area (TPSA) is 67.2 Å². The van der Waals surface area contributed by atoms with Crippen molar-refractivity contribution < 1.29 is 12.6 Å². The molecule has 5 heteroatoms. The normalized spacial score (nSPS) is 11.1. The van der Waals surface area contributed by atoms with Gasteiger partial charge in [-0.1, -0.05) is 32.6 Å². The molecule has 0 fully saturated rings. The molecule has 0 saturated heterocycles. The van der Waals surface area contributed by atoms with E-state index in [1.807, 2.05) is 0 Å². The SMILES string of the molecule is CCCCCCCOS(=O)(=O)C#N. The third kappa shape index (κ3) is 7.75. The molecule has 0 aliphatic carbocycles. The number of nitrogens with zero attached hydrogens (tertiary/aromatic N) is 1. The third-order valence-electron chi connectivity index (χ3n) is 1.60. The summed E-state index contributed by atoms with van der Waals surface area (Å²) in [7, 11) is -3.91. The lowest BCUT2D eigenvalue weighted by atomic mass is 10.2. The van der Waals surface area contributed by atoms with Gasteiger partial charge in [-0.2, -0.15) is 13.7 Å². The van der Waals surface area contributed by atoms with Crippen LogP contribution in [0.4, 0.5) is 0 Å². The summed E-state index contributed by atoms with van der Waals surface area (Å²) >= 11 is 0.